The molecule has 2 heterocycles. The van der Waals surface area contributed by atoms with Gasteiger partial charge in [0.1, 0.15) is 0 Å². The highest BCUT2D eigenvalue weighted by Gasteiger charge is 2.15. The zero-order valence-corrected chi connectivity index (χ0v) is 19.2. The van der Waals surface area contributed by atoms with Crippen LogP contribution in [0.5, 0.6) is 0 Å². The van der Waals surface area contributed by atoms with Gasteiger partial charge in [0.15, 0.2) is 17.5 Å². The van der Waals surface area contributed by atoms with Gasteiger partial charge in [0.25, 0.3) is 0 Å². The SMILES string of the molecule is Cc1ccc2c(c1)c1cc(C)ccc1n2Cc1nc(-c2ccccc2)nc(-c2ccccc2)n1. The van der Waals surface area contributed by atoms with Crippen LogP contribution >= 0.6 is 0 Å². The Labute approximate surface area is 198 Å². The topological polar surface area (TPSA) is 43.6 Å². The van der Waals surface area contributed by atoms with Crippen molar-refractivity contribution < 1.29 is 0 Å². The Morgan fingerprint density at radius 3 is 1.50 bits per heavy atom. The summed E-state index contributed by atoms with van der Waals surface area (Å²) in [6.45, 7) is 4.85. The monoisotopic (exact) mass is 440 g/mol. The lowest BCUT2D eigenvalue weighted by Crippen LogP contribution is -2.08. The minimum absolute atomic E-state index is 0.564. The van der Waals surface area contributed by atoms with Crippen molar-refractivity contribution >= 4 is 21.8 Å². The third-order valence-electron chi connectivity index (χ3n) is 6.22. The van der Waals surface area contributed by atoms with Crippen LogP contribution in [0.15, 0.2) is 97.1 Å². The molecule has 0 saturated carbocycles. The zero-order valence-electron chi connectivity index (χ0n) is 19.2. The molecule has 0 spiro atoms. The fraction of sp³-hybridized carbons (Fsp3) is 0.100. The molecule has 6 rings (SSSR count). The molecule has 4 aromatic carbocycles. The third kappa shape index (κ3) is 3.63. The van der Waals surface area contributed by atoms with Crippen LogP contribution in [0.2, 0.25) is 0 Å². The van der Waals surface area contributed by atoms with Crippen LogP contribution in [-0.2, 0) is 6.54 Å². The second-order valence-corrected chi connectivity index (χ2v) is 8.76. The fourth-order valence-electron chi connectivity index (χ4n) is 4.57. The summed E-state index contributed by atoms with van der Waals surface area (Å²) in [7, 11) is 0. The molecule has 0 aliphatic heterocycles. The highest BCUT2D eigenvalue weighted by molar-refractivity contribution is 6.08. The first-order valence-electron chi connectivity index (χ1n) is 11.5. The van der Waals surface area contributed by atoms with E-state index in [-0.39, 0.29) is 0 Å². The van der Waals surface area contributed by atoms with Crippen LogP contribution < -0.4 is 0 Å². The van der Waals surface area contributed by atoms with Crippen LogP contribution in [0.3, 0.4) is 0 Å². The lowest BCUT2D eigenvalue weighted by atomic mass is 10.1. The Kier molecular flexibility index (Phi) is 4.92. The second-order valence-electron chi connectivity index (χ2n) is 8.76. The molecule has 2 aromatic heterocycles. The van der Waals surface area contributed by atoms with E-state index in [2.05, 4.69) is 54.8 Å². The van der Waals surface area contributed by atoms with E-state index in [0.29, 0.717) is 18.2 Å². The van der Waals surface area contributed by atoms with Gasteiger partial charge in [-0.15, -0.1) is 0 Å². The first kappa shape index (κ1) is 20.3. The van der Waals surface area contributed by atoms with Crippen molar-refractivity contribution in [3.8, 4) is 22.8 Å². The third-order valence-corrected chi connectivity index (χ3v) is 6.22. The molecule has 6 aromatic rings. The molecule has 0 radical (unpaired) electrons. The minimum Gasteiger partial charge on any atom is -0.333 e. The molecular formula is C30H24N4. The van der Waals surface area contributed by atoms with E-state index < -0.39 is 0 Å². The number of benzene rings is 4. The number of aryl methyl sites for hydroxylation is 2. The lowest BCUT2D eigenvalue weighted by Gasteiger charge is -2.11. The van der Waals surface area contributed by atoms with Gasteiger partial charge in [-0.3, -0.25) is 0 Å². The standard InChI is InChI=1S/C30H24N4/c1-20-13-15-26-24(17-20)25-18-21(2)14-16-27(25)34(26)19-28-31-29(22-9-5-3-6-10-22)33-30(32-28)23-11-7-4-8-12-23/h3-18H,19H2,1-2H3. The number of nitrogens with zero attached hydrogens (tertiary/aromatic N) is 4. The molecule has 4 nitrogen and oxygen atoms in total. The highest BCUT2D eigenvalue weighted by Crippen LogP contribution is 2.31. The maximum Gasteiger partial charge on any atom is 0.163 e. The van der Waals surface area contributed by atoms with Crippen molar-refractivity contribution in [2.75, 3.05) is 0 Å². The molecule has 4 heteroatoms. The van der Waals surface area contributed by atoms with Gasteiger partial charge in [-0.2, -0.15) is 0 Å². The average molecular weight is 441 g/mol. The number of hydrogen-bond donors (Lipinski definition) is 0. The lowest BCUT2D eigenvalue weighted by molar-refractivity contribution is 0.785. The smallest absolute Gasteiger partial charge is 0.163 e. The first-order chi connectivity index (χ1) is 16.7. The number of rotatable bonds is 4. The van der Waals surface area contributed by atoms with E-state index in [1.807, 2.05) is 60.7 Å². The molecule has 0 fully saturated rings. The second kappa shape index (κ2) is 8.23. The summed E-state index contributed by atoms with van der Waals surface area (Å²) in [6.07, 6.45) is 0. The van der Waals surface area contributed by atoms with Crippen molar-refractivity contribution in [2.24, 2.45) is 0 Å². The quantitative estimate of drug-likeness (QED) is 0.297. The van der Waals surface area contributed by atoms with Crippen molar-refractivity contribution in [3.63, 3.8) is 0 Å². The predicted molar refractivity (Wildman–Crippen MR) is 139 cm³/mol. The zero-order chi connectivity index (χ0) is 23.1. The summed E-state index contributed by atoms with van der Waals surface area (Å²) in [5, 5.41) is 2.53. The molecule has 0 unspecified atom stereocenters. The molecular weight excluding hydrogens is 416 g/mol. The normalized spacial score (nSPS) is 11.4. The Balaban J connectivity index is 1.55. The molecule has 0 atom stereocenters. The summed E-state index contributed by atoms with van der Waals surface area (Å²) >= 11 is 0. The Morgan fingerprint density at radius 2 is 1.03 bits per heavy atom. The number of hydrogen-bond acceptors (Lipinski definition) is 3. The van der Waals surface area contributed by atoms with Crippen LogP contribution in [0.4, 0.5) is 0 Å². The fourth-order valence-corrected chi connectivity index (χ4v) is 4.57. The molecule has 0 aliphatic carbocycles. The molecule has 0 saturated heterocycles. The van der Waals surface area contributed by atoms with E-state index in [1.54, 1.807) is 0 Å². The Bertz CT molecular complexity index is 1520. The van der Waals surface area contributed by atoms with Gasteiger partial charge < -0.3 is 4.57 Å². The summed E-state index contributed by atoms with van der Waals surface area (Å²) in [6, 6.07) is 33.5. The summed E-state index contributed by atoms with van der Waals surface area (Å²) in [4.78, 5) is 14.6. The minimum atomic E-state index is 0.564. The van der Waals surface area contributed by atoms with E-state index >= 15 is 0 Å². The van der Waals surface area contributed by atoms with Crippen molar-refractivity contribution in [2.45, 2.75) is 20.4 Å². The molecule has 0 aliphatic rings. The van der Waals surface area contributed by atoms with E-state index in [0.717, 1.165) is 17.0 Å². The maximum absolute atomic E-state index is 4.91. The van der Waals surface area contributed by atoms with Crippen LogP contribution in [0.25, 0.3) is 44.6 Å². The van der Waals surface area contributed by atoms with Crippen molar-refractivity contribution in [1.82, 2.24) is 19.5 Å². The van der Waals surface area contributed by atoms with Gasteiger partial charge >= 0.3 is 0 Å². The number of fused-ring (bicyclic) bond motifs is 3. The van der Waals surface area contributed by atoms with Crippen molar-refractivity contribution in [3.05, 3.63) is 114 Å². The average Bonchev–Trinajstić information content (AvgIpc) is 3.16. The molecule has 34 heavy (non-hydrogen) atoms. The van der Waals surface area contributed by atoms with Crippen LogP contribution in [0, 0.1) is 13.8 Å². The van der Waals surface area contributed by atoms with Crippen LogP contribution in [-0.4, -0.2) is 19.5 Å². The maximum atomic E-state index is 4.91. The van der Waals surface area contributed by atoms with E-state index in [9.17, 15) is 0 Å². The summed E-state index contributed by atoms with van der Waals surface area (Å²) in [5.74, 6) is 2.13. The molecule has 0 N–H and O–H groups in total. The van der Waals surface area contributed by atoms with E-state index in [4.69, 9.17) is 15.0 Å². The number of aromatic nitrogens is 4. The van der Waals surface area contributed by atoms with Gasteiger partial charge in [-0.05, 0) is 38.1 Å². The molecule has 164 valence electrons. The van der Waals surface area contributed by atoms with Gasteiger partial charge in [-0.25, -0.2) is 15.0 Å². The molecule has 0 amide bonds. The largest absolute Gasteiger partial charge is 0.333 e. The van der Waals surface area contributed by atoms with Gasteiger partial charge in [0.05, 0.1) is 6.54 Å². The van der Waals surface area contributed by atoms with Crippen LogP contribution in [0.1, 0.15) is 17.0 Å². The summed E-state index contributed by atoms with van der Waals surface area (Å²) < 4.78 is 2.32. The Morgan fingerprint density at radius 1 is 0.559 bits per heavy atom. The van der Waals surface area contributed by atoms with Gasteiger partial charge in [0.2, 0.25) is 0 Å². The van der Waals surface area contributed by atoms with Gasteiger partial charge in [-0.1, -0.05) is 83.9 Å². The molecule has 0 bridgehead atoms. The Hall–Kier alpha value is -4.31. The summed E-state index contributed by atoms with van der Waals surface area (Å²) in [5.41, 5.74) is 6.86. The van der Waals surface area contributed by atoms with Crippen molar-refractivity contribution in [1.29, 1.82) is 0 Å². The highest BCUT2D eigenvalue weighted by atomic mass is 15.1. The predicted octanol–water partition coefficient (Wildman–Crippen LogP) is 6.98. The van der Waals surface area contributed by atoms with E-state index in [1.165, 1.54) is 32.9 Å². The van der Waals surface area contributed by atoms with Gasteiger partial charge in [0, 0.05) is 32.9 Å². The first-order valence-corrected chi connectivity index (χ1v) is 11.5.